The van der Waals surface area contributed by atoms with E-state index in [0.717, 1.165) is 12.8 Å². The predicted molar refractivity (Wildman–Crippen MR) is 95.4 cm³/mol. The van der Waals surface area contributed by atoms with Gasteiger partial charge in [0.1, 0.15) is 0 Å². The summed E-state index contributed by atoms with van der Waals surface area (Å²) in [4.78, 5) is 29.7. The van der Waals surface area contributed by atoms with Gasteiger partial charge in [-0.1, -0.05) is 20.8 Å². The lowest BCUT2D eigenvalue weighted by Crippen LogP contribution is -2.47. The number of hydrogen-bond acceptors (Lipinski definition) is 3. The molecule has 2 fully saturated rings. The smallest absolute Gasteiger partial charge is 0.276 e. The number of carbonyl (C=O) groups is 1. The van der Waals surface area contributed by atoms with Crippen LogP contribution in [0.3, 0.4) is 0 Å². The van der Waals surface area contributed by atoms with Crippen LogP contribution in [0.25, 0.3) is 5.65 Å². The van der Waals surface area contributed by atoms with Gasteiger partial charge >= 0.3 is 0 Å². The van der Waals surface area contributed by atoms with E-state index in [9.17, 15) is 9.59 Å². The van der Waals surface area contributed by atoms with Crippen LogP contribution in [0, 0.1) is 23.7 Å². The average Bonchev–Trinajstić information content (AvgIpc) is 3.14. The predicted octanol–water partition coefficient (Wildman–Crippen LogP) is 2.20. The lowest BCUT2D eigenvalue weighted by molar-refractivity contribution is -0.122. The standard InChI is InChI=1S/C19H26N4O2/c1-11-13(17(25)23-15(21-11)6-8-20-23)10-16(24)22-14-9-12-5-7-19(14,4)18(12,2)3/h6,8,12,14,20H,5,7,9-10H2,1-4H3,(H,22,24)/t12-,14-,19-/m1/s1. The number of hydrogen-bond donors (Lipinski definition) is 2. The van der Waals surface area contributed by atoms with Crippen LogP contribution in [-0.2, 0) is 11.2 Å². The molecule has 0 spiro atoms. The molecule has 2 aliphatic carbocycles. The van der Waals surface area contributed by atoms with Crippen molar-refractivity contribution in [2.75, 3.05) is 0 Å². The van der Waals surface area contributed by atoms with Gasteiger partial charge in [0.15, 0.2) is 5.65 Å². The third-order valence-electron chi connectivity index (χ3n) is 7.31. The number of aromatic amines is 1. The Hall–Kier alpha value is -2.11. The monoisotopic (exact) mass is 342 g/mol. The number of fused-ring (bicyclic) bond motifs is 3. The Kier molecular flexibility index (Phi) is 3.40. The molecule has 2 aliphatic rings. The molecular formula is C19H26N4O2. The van der Waals surface area contributed by atoms with Crippen molar-refractivity contribution in [3.63, 3.8) is 0 Å². The van der Waals surface area contributed by atoms with E-state index in [-0.39, 0.29) is 34.8 Å². The molecule has 0 unspecified atom stereocenters. The summed E-state index contributed by atoms with van der Waals surface area (Å²) in [5.74, 6) is 0.593. The van der Waals surface area contributed by atoms with E-state index in [4.69, 9.17) is 0 Å². The second-order valence-electron chi connectivity index (χ2n) is 8.54. The lowest BCUT2D eigenvalue weighted by Gasteiger charge is -2.39. The SMILES string of the molecule is Cc1nc2cc[nH]n2c(=O)c1CC(=O)N[C@@H]1C[C@H]2CC[C@@]1(C)C2(C)C. The molecule has 2 aromatic heterocycles. The third kappa shape index (κ3) is 2.19. The van der Waals surface area contributed by atoms with Crippen molar-refractivity contribution in [3.05, 3.63) is 33.9 Å². The van der Waals surface area contributed by atoms with Crippen molar-refractivity contribution >= 4 is 11.6 Å². The van der Waals surface area contributed by atoms with Gasteiger partial charge in [-0.05, 0) is 42.9 Å². The maximum Gasteiger partial charge on any atom is 0.276 e. The van der Waals surface area contributed by atoms with Crippen LogP contribution in [0.1, 0.15) is 51.3 Å². The molecule has 2 saturated carbocycles. The third-order valence-corrected chi connectivity index (χ3v) is 7.31. The molecule has 0 saturated heterocycles. The first-order valence-corrected chi connectivity index (χ1v) is 9.09. The van der Waals surface area contributed by atoms with Crippen LogP contribution in [0.5, 0.6) is 0 Å². The maximum atomic E-state index is 12.7. The van der Waals surface area contributed by atoms with Gasteiger partial charge in [-0.2, -0.15) is 0 Å². The van der Waals surface area contributed by atoms with E-state index in [0.29, 0.717) is 22.8 Å². The first kappa shape index (κ1) is 16.4. The van der Waals surface area contributed by atoms with Crippen molar-refractivity contribution in [2.45, 2.75) is 59.4 Å². The molecule has 2 N–H and O–H groups in total. The largest absolute Gasteiger partial charge is 0.353 e. The first-order chi connectivity index (χ1) is 11.7. The summed E-state index contributed by atoms with van der Waals surface area (Å²) in [6.45, 7) is 8.75. The highest BCUT2D eigenvalue weighted by Gasteiger charge is 2.61. The Bertz CT molecular complexity index is 910. The second-order valence-corrected chi connectivity index (χ2v) is 8.54. The molecule has 2 bridgehead atoms. The van der Waals surface area contributed by atoms with Crippen LogP contribution in [-0.4, -0.2) is 26.5 Å². The van der Waals surface area contributed by atoms with E-state index in [1.165, 1.54) is 10.9 Å². The van der Waals surface area contributed by atoms with E-state index < -0.39 is 0 Å². The Morgan fingerprint density at radius 3 is 2.84 bits per heavy atom. The normalized spacial score (nSPS) is 30.1. The minimum atomic E-state index is -0.192. The molecule has 2 aromatic rings. The molecule has 134 valence electrons. The van der Waals surface area contributed by atoms with Crippen molar-refractivity contribution in [1.29, 1.82) is 0 Å². The van der Waals surface area contributed by atoms with E-state index in [1.54, 1.807) is 19.2 Å². The maximum absolute atomic E-state index is 12.7. The number of aromatic nitrogens is 3. The topological polar surface area (TPSA) is 79.3 Å². The molecular weight excluding hydrogens is 316 g/mol. The number of H-pyrrole nitrogens is 1. The second kappa shape index (κ2) is 5.19. The molecule has 0 radical (unpaired) electrons. The number of nitrogens with one attached hydrogen (secondary N) is 2. The fraction of sp³-hybridized carbons (Fsp3) is 0.632. The lowest BCUT2D eigenvalue weighted by atomic mass is 9.69. The molecule has 2 heterocycles. The number of nitrogens with zero attached hydrogens (tertiary/aromatic N) is 2. The van der Waals surface area contributed by atoms with Gasteiger partial charge in [0.2, 0.25) is 5.91 Å². The van der Waals surface area contributed by atoms with E-state index >= 15 is 0 Å². The zero-order chi connectivity index (χ0) is 18.0. The molecule has 1 amide bonds. The van der Waals surface area contributed by atoms with Gasteiger partial charge in [-0.25, -0.2) is 9.50 Å². The Balaban J connectivity index is 1.55. The summed E-state index contributed by atoms with van der Waals surface area (Å²) in [6, 6.07) is 1.94. The molecule has 3 atom stereocenters. The minimum Gasteiger partial charge on any atom is -0.353 e. The molecule has 0 aromatic carbocycles. The van der Waals surface area contributed by atoms with Crippen molar-refractivity contribution < 1.29 is 4.79 Å². The molecule has 25 heavy (non-hydrogen) atoms. The molecule has 6 nitrogen and oxygen atoms in total. The van der Waals surface area contributed by atoms with Gasteiger partial charge in [0.05, 0.1) is 6.42 Å². The summed E-state index contributed by atoms with van der Waals surface area (Å²) < 4.78 is 1.39. The summed E-state index contributed by atoms with van der Waals surface area (Å²) in [5, 5.41) is 6.08. The van der Waals surface area contributed by atoms with Gasteiger partial charge in [0.25, 0.3) is 5.56 Å². The number of amides is 1. The number of aryl methyl sites for hydroxylation is 1. The highest BCUT2D eigenvalue weighted by Crippen LogP contribution is 2.65. The Morgan fingerprint density at radius 1 is 1.44 bits per heavy atom. The summed E-state index contributed by atoms with van der Waals surface area (Å²) >= 11 is 0. The number of carbonyl (C=O) groups excluding carboxylic acids is 1. The highest BCUT2D eigenvalue weighted by molar-refractivity contribution is 5.79. The summed E-state index contributed by atoms with van der Waals surface area (Å²) in [6.07, 6.45) is 5.21. The van der Waals surface area contributed by atoms with E-state index in [2.05, 4.69) is 36.2 Å². The molecule has 0 aliphatic heterocycles. The van der Waals surface area contributed by atoms with E-state index in [1.807, 2.05) is 0 Å². The van der Waals surface area contributed by atoms with Gasteiger partial charge in [0, 0.05) is 29.6 Å². The number of rotatable bonds is 3. The van der Waals surface area contributed by atoms with Crippen LogP contribution >= 0.6 is 0 Å². The van der Waals surface area contributed by atoms with Crippen LogP contribution in [0.15, 0.2) is 17.1 Å². The van der Waals surface area contributed by atoms with Gasteiger partial charge in [-0.15, -0.1) is 0 Å². The van der Waals surface area contributed by atoms with Gasteiger partial charge in [-0.3, -0.25) is 14.7 Å². The fourth-order valence-electron chi connectivity index (χ4n) is 5.14. The Morgan fingerprint density at radius 2 is 2.20 bits per heavy atom. The highest BCUT2D eigenvalue weighted by atomic mass is 16.2. The quantitative estimate of drug-likeness (QED) is 0.897. The van der Waals surface area contributed by atoms with Gasteiger partial charge < -0.3 is 5.32 Å². The van der Waals surface area contributed by atoms with Crippen molar-refractivity contribution in [3.8, 4) is 0 Å². The average molecular weight is 342 g/mol. The molecule has 4 rings (SSSR count). The minimum absolute atomic E-state index is 0.0805. The van der Waals surface area contributed by atoms with Crippen molar-refractivity contribution in [2.24, 2.45) is 16.7 Å². The molecule has 6 heteroatoms. The zero-order valence-corrected chi connectivity index (χ0v) is 15.3. The van der Waals surface area contributed by atoms with Crippen LogP contribution in [0.4, 0.5) is 0 Å². The van der Waals surface area contributed by atoms with Crippen LogP contribution in [0.2, 0.25) is 0 Å². The Labute approximate surface area is 147 Å². The summed E-state index contributed by atoms with van der Waals surface area (Å²) in [7, 11) is 0. The van der Waals surface area contributed by atoms with Crippen molar-refractivity contribution in [1.82, 2.24) is 19.9 Å². The zero-order valence-electron chi connectivity index (χ0n) is 15.3. The fourth-order valence-corrected chi connectivity index (χ4v) is 5.14. The van der Waals surface area contributed by atoms with Crippen LogP contribution < -0.4 is 10.9 Å². The summed E-state index contributed by atoms with van der Waals surface area (Å²) in [5.41, 5.74) is 1.87. The first-order valence-electron chi connectivity index (χ1n) is 9.09.